The first kappa shape index (κ1) is 15.8. The standard InChI is InChI=1S/C16H14FN3OS2/c1-3-12-19-9(2)14(23-12)15(21)20-16-13(18-8-22-16)10-4-6-11(17)7-5-10/h4-8H,3H2,1-2H3,(H,20,21). The molecule has 1 N–H and O–H groups in total. The molecule has 0 fully saturated rings. The van der Waals surface area contributed by atoms with Crippen molar-refractivity contribution in [3.63, 3.8) is 0 Å². The predicted molar refractivity (Wildman–Crippen MR) is 91.7 cm³/mol. The fraction of sp³-hybridized carbons (Fsp3) is 0.188. The number of nitrogens with one attached hydrogen (secondary N) is 1. The van der Waals surface area contributed by atoms with E-state index in [0.29, 0.717) is 15.6 Å². The van der Waals surface area contributed by atoms with Gasteiger partial charge >= 0.3 is 0 Å². The van der Waals surface area contributed by atoms with E-state index >= 15 is 0 Å². The van der Waals surface area contributed by atoms with Gasteiger partial charge in [-0.2, -0.15) is 0 Å². The topological polar surface area (TPSA) is 54.9 Å². The summed E-state index contributed by atoms with van der Waals surface area (Å²) in [4.78, 5) is 21.7. The zero-order valence-electron chi connectivity index (χ0n) is 12.6. The van der Waals surface area contributed by atoms with Gasteiger partial charge in [0.05, 0.1) is 16.2 Å². The van der Waals surface area contributed by atoms with E-state index in [1.165, 1.54) is 34.8 Å². The van der Waals surface area contributed by atoms with E-state index in [1.54, 1.807) is 17.6 Å². The van der Waals surface area contributed by atoms with Crippen LogP contribution < -0.4 is 5.32 Å². The Balaban J connectivity index is 1.86. The third-order valence-electron chi connectivity index (χ3n) is 3.26. The minimum atomic E-state index is -0.304. The molecule has 0 spiro atoms. The molecule has 3 rings (SSSR count). The fourth-order valence-electron chi connectivity index (χ4n) is 2.12. The summed E-state index contributed by atoms with van der Waals surface area (Å²) in [6.07, 6.45) is 0.806. The van der Waals surface area contributed by atoms with Crippen LogP contribution in [-0.2, 0) is 6.42 Å². The normalized spacial score (nSPS) is 10.7. The average Bonchev–Trinajstić information content (AvgIpc) is 3.14. The van der Waals surface area contributed by atoms with Crippen LogP contribution in [0.4, 0.5) is 9.39 Å². The minimum absolute atomic E-state index is 0.188. The molecular formula is C16H14FN3OS2. The summed E-state index contributed by atoms with van der Waals surface area (Å²) in [6.45, 7) is 3.84. The molecule has 1 amide bonds. The first-order valence-electron chi connectivity index (χ1n) is 7.05. The summed E-state index contributed by atoms with van der Waals surface area (Å²) in [5.41, 5.74) is 3.79. The lowest BCUT2D eigenvalue weighted by atomic mass is 10.1. The fourth-order valence-corrected chi connectivity index (χ4v) is 3.72. The van der Waals surface area contributed by atoms with E-state index in [9.17, 15) is 9.18 Å². The van der Waals surface area contributed by atoms with Gasteiger partial charge in [0.15, 0.2) is 0 Å². The van der Waals surface area contributed by atoms with Gasteiger partial charge in [-0.15, -0.1) is 22.7 Å². The molecule has 2 aromatic heterocycles. The number of anilines is 1. The minimum Gasteiger partial charge on any atom is -0.311 e. The molecule has 118 valence electrons. The van der Waals surface area contributed by atoms with Crippen molar-refractivity contribution in [1.29, 1.82) is 0 Å². The summed E-state index contributed by atoms with van der Waals surface area (Å²) in [5.74, 6) is -0.491. The van der Waals surface area contributed by atoms with Gasteiger partial charge < -0.3 is 5.32 Å². The molecule has 0 bridgehead atoms. The second kappa shape index (κ2) is 6.55. The van der Waals surface area contributed by atoms with E-state index in [1.807, 2.05) is 13.8 Å². The van der Waals surface area contributed by atoms with E-state index in [4.69, 9.17) is 0 Å². The van der Waals surface area contributed by atoms with Gasteiger partial charge in [-0.3, -0.25) is 4.79 Å². The van der Waals surface area contributed by atoms with Crippen molar-refractivity contribution in [2.45, 2.75) is 20.3 Å². The molecule has 0 radical (unpaired) electrons. The van der Waals surface area contributed by atoms with Gasteiger partial charge in [0, 0.05) is 5.56 Å². The van der Waals surface area contributed by atoms with Gasteiger partial charge in [-0.05, 0) is 37.6 Å². The van der Waals surface area contributed by atoms with Crippen LogP contribution in [0.15, 0.2) is 29.8 Å². The number of amides is 1. The molecule has 0 aliphatic heterocycles. The van der Waals surface area contributed by atoms with Gasteiger partial charge in [-0.25, -0.2) is 14.4 Å². The maximum Gasteiger partial charge on any atom is 0.268 e. The van der Waals surface area contributed by atoms with E-state index in [2.05, 4.69) is 15.3 Å². The van der Waals surface area contributed by atoms with E-state index < -0.39 is 0 Å². The highest BCUT2D eigenvalue weighted by Gasteiger charge is 2.18. The van der Waals surface area contributed by atoms with Gasteiger partial charge in [0.25, 0.3) is 5.91 Å². The van der Waals surface area contributed by atoms with E-state index in [-0.39, 0.29) is 11.7 Å². The molecule has 0 atom stereocenters. The lowest BCUT2D eigenvalue weighted by Gasteiger charge is -2.04. The van der Waals surface area contributed by atoms with Crippen LogP contribution in [0, 0.1) is 12.7 Å². The SMILES string of the molecule is CCc1nc(C)c(C(=O)Nc2scnc2-c2ccc(F)cc2)s1. The van der Waals surface area contributed by atoms with Crippen molar-refractivity contribution < 1.29 is 9.18 Å². The highest BCUT2D eigenvalue weighted by Crippen LogP contribution is 2.31. The summed E-state index contributed by atoms with van der Waals surface area (Å²) in [7, 11) is 0. The number of aryl methyl sites for hydroxylation is 2. The van der Waals surface area contributed by atoms with Gasteiger partial charge in [0.1, 0.15) is 21.4 Å². The molecule has 0 aliphatic rings. The Morgan fingerprint density at radius 2 is 2.04 bits per heavy atom. The summed E-state index contributed by atoms with van der Waals surface area (Å²) >= 11 is 2.74. The second-order valence-corrected chi connectivity index (χ2v) is 6.81. The molecular weight excluding hydrogens is 333 g/mol. The number of hydrogen-bond acceptors (Lipinski definition) is 5. The molecule has 3 aromatic rings. The lowest BCUT2D eigenvalue weighted by molar-refractivity contribution is 0.103. The molecule has 7 heteroatoms. The maximum atomic E-state index is 13.0. The van der Waals surface area contributed by atoms with Gasteiger partial charge in [-0.1, -0.05) is 6.92 Å². The monoisotopic (exact) mass is 347 g/mol. The largest absolute Gasteiger partial charge is 0.311 e. The van der Waals surface area contributed by atoms with Crippen LogP contribution in [0.1, 0.15) is 27.3 Å². The lowest BCUT2D eigenvalue weighted by Crippen LogP contribution is -2.11. The molecule has 0 unspecified atom stereocenters. The molecule has 1 aromatic carbocycles. The Kier molecular flexibility index (Phi) is 4.49. The Labute approximate surface area is 141 Å². The Hall–Kier alpha value is -2.12. The smallest absolute Gasteiger partial charge is 0.268 e. The van der Waals surface area contributed by atoms with Crippen molar-refractivity contribution in [2.75, 3.05) is 5.32 Å². The number of halogens is 1. The Morgan fingerprint density at radius 3 is 2.70 bits per heavy atom. The number of benzene rings is 1. The quantitative estimate of drug-likeness (QED) is 0.754. The zero-order chi connectivity index (χ0) is 16.4. The second-order valence-electron chi connectivity index (χ2n) is 4.87. The van der Waals surface area contributed by atoms with Crippen molar-refractivity contribution in [2.24, 2.45) is 0 Å². The zero-order valence-corrected chi connectivity index (χ0v) is 14.2. The Morgan fingerprint density at radius 1 is 1.30 bits per heavy atom. The van der Waals surface area contributed by atoms with E-state index in [0.717, 1.165) is 22.7 Å². The van der Waals surface area contributed by atoms with Crippen LogP contribution in [0.25, 0.3) is 11.3 Å². The van der Waals surface area contributed by atoms with Crippen LogP contribution >= 0.6 is 22.7 Å². The molecule has 0 saturated heterocycles. The number of aromatic nitrogens is 2. The third-order valence-corrected chi connectivity index (χ3v) is 5.30. The van der Waals surface area contributed by atoms with Crippen LogP contribution in [-0.4, -0.2) is 15.9 Å². The molecule has 2 heterocycles. The van der Waals surface area contributed by atoms with Crippen molar-refractivity contribution >= 4 is 33.6 Å². The number of hydrogen-bond donors (Lipinski definition) is 1. The number of rotatable bonds is 4. The maximum absolute atomic E-state index is 13.0. The third kappa shape index (κ3) is 3.30. The Bertz CT molecular complexity index is 839. The van der Waals surface area contributed by atoms with Crippen molar-refractivity contribution in [3.8, 4) is 11.3 Å². The molecule has 0 aliphatic carbocycles. The summed E-state index contributed by atoms with van der Waals surface area (Å²) in [6, 6.07) is 6.04. The first-order valence-corrected chi connectivity index (χ1v) is 8.75. The molecule has 23 heavy (non-hydrogen) atoms. The highest BCUT2D eigenvalue weighted by molar-refractivity contribution is 7.15. The molecule has 4 nitrogen and oxygen atoms in total. The molecule has 0 saturated carbocycles. The predicted octanol–water partition coefficient (Wildman–Crippen LogP) is 4.53. The number of carbonyl (C=O) groups is 1. The number of carbonyl (C=O) groups excluding carboxylic acids is 1. The first-order chi connectivity index (χ1) is 11.1. The van der Waals surface area contributed by atoms with Gasteiger partial charge in [0.2, 0.25) is 0 Å². The number of thiazole rings is 2. The van der Waals surface area contributed by atoms with Crippen molar-refractivity contribution in [1.82, 2.24) is 9.97 Å². The highest BCUT2D eigenvalue weighted by atomic mass is 32.1. The van der Waals surface area contributed by atoms with Crippen LogP contribution in [0.3, 0.4) is 0 Å². The van der Waals surface area contributed by atoms with Crippen LogP contribution in [0.5, 0.6) is 0 Å². The summed E-state index contributed by atoms with van der Waals surface area (Å²) < 4.78 is 13.0. The number of nitrogens with zero attached hydrogens (tertiary/aromatic N) is 2. The van der Waals surface area contributed by atoms with Crippen molar-refractivity contribution in [3.05, 3.63) is 51.2 Å². The van der Waals surface area contributed by atoms with Crippen LogP contribution in [0.2, 0.25) is 0 Å². The average molecular weight is 347 g/mol. The summed E-state index contributed by atoms with van der Waals surface area (Å²) in [5, 5.41) is 4.48.